The molecule has 0 fully saturated rings. The van der Waals surface area contributed by atoms with Crippen LogP contribution in [0.2, 0.25) is 0 Å². The highest BCUT2D eigenvalue weighted by Crippen LogP contribution is 2.00. The molecule has 8 heavy (non-hydrogen) atoms. The fourth-order valence-corrected chi connectivity index (χ4v) is 0.366. The molecule has 0 aromatic carbocycles. The van der Waals surface area contributed by atoms with Crippen LogP contribution < -0.4 is 5.73 Å². The summed E-state index contributed by atoms with van der Waals surface area (Å²) in [5, 5.41) is 0.435. The van der Waals surface area contributed by atoms with Crippen molar-refractivity contribution in [2.45, 2.75) is 13.8 Å². The molecular weight excluding hydrogens is 124 g/mol. The summed E-state index contributed by atoms with van der Waals surface area (Å²) in [6.45, 7) is 3.49. The van der Waals surface area contributed by atoms with E-state index in [0.717, 1.165) is 0 Å². The van der Waals surface area contributed by atoms with E-state index in [0.29, 0.717) is 11.0 Å². The first kappa shape index (κ1) is 7.50. The molecule has 2 nitrogen and oxygen atoms in total. The van der Waals surface area contributed by atoms with Crippen LogP contribution in [0.1, 0.15) is 13.8 Å². The normalized spacial score (nSPS) is 14.4. The molecule has 0 amide bonds. The quantitative estimate of drug-likeness (QED) is 0.328. The summed E-state index contributed by atoms with van der Waals surface area (Å²) in [4.78, 5) is 3.72. The number of hydrogen-bond donors (Lipinski definition) is 1. The second-order valence-corrected chi connectivity index (χ2v) is 1.75. The maximum Gasteiger partial charge on any atom is 0.126 e. The SMILES string of the molecule is C/C=C(Cl)\N=C(/C)N. The molecule has 0 saturated carbocycles. The van der Waals surface area contributed by atoms with Gasteiger partial charge in [-0.05, 0) is 13.8 Å². The summed E-state index contributed by atoms with van der Waals surface area (Å²) >= 11 is 5.45. The van der Waals surface area contributed by atoms with Gasteiger partial charge in [-0.1, -0.05) is 17.7 Å². The van der Waals surface area contributed by atoms with Gasteiger partial charge < -0.3 is 5.73 Å². The van der Waals surface area contributed by atoms with Gasteiger partial charge in [0.05, 0.1) is 5.84 Å². The zero-order valence-corrected chi connectivity index (χ0v) is 5.74. The predicted molar refractivity (Wildman–Crippen MR) is 36.9 cm³/mol. The minimum atomic E-state index is 0.435. The molecule has 0 radical (unpaired) electrons. The highest BCUT2D eigenvalue weighted by molar-refractivity contribution is 6.29. The summed E-state index contributed by atoms with van der Waals surface area (Å²) in [6.07, 6.45) is 1.68. The first-order chi connectivity index (χ1) is 3.66. The summed E-state index contributed by atoms with van der Waals surface area (Å²) in [5.74, 6) is 0.480. The molecule has 0 aliphatic carbocycles. The van der Waals surface area contributed by atoms with E-state index in [9.17, 15) is 0 Å². The summed E-state index contributed by atoms with van der Waals surface area (Å²) in [5.41, 5.74) is 5.19. The monoisotopic (exact) mass is 132 g/mol. The highest BCUT2D eigenvalue weighted by Gasteiger charge is 1.81. The molecule has 3 heteroatoms. The van der Waals surface area contributed by atoms with Crippen molar-refractivity contribution in [1.29, 1.82) is 0 Å². The van der Waals surface area contributed by atoms with Gasteiger partial charge in [0.15, 0.2) is 0 Å². The van der Waals surface area contributed by atoms with E-state index in [-0.39, 0.29) is 0 Å². The maximum absolute atomic E-state index is 5.45. The van der Waals surface area contributed by atoms with Crippen LogP contribution in [0.15, 0.2) is 16.2 Å². The van der Waals surface area contributed by atoms with E-state index >= 15 is 0 Å². The van der Waals surface area contributed by atoms with Crippen LogP contribution in [-0.4, -0.2) is 5.84 Å². The average Bonchev–Trinajstić information content (AvgIpc) is 1.65. The van der Waals surface area contributed by atoms with Crippen molar-refractivity contribution in [3.63, 3.8) is 0 Å². The van der Waals surface area contributed by atoms with Crippen LogP contribution in [-0.2, 0) is 0 Å². The Kier molecular flexibility index (Phi) is 3.28. The molecule has 46 valence electrons. The Bertz CT molecular complexity index is 122. The van der Waals surface area contributed by atoms with Gasteiger partial charge >= 0.3 is 0 Å². The first-order valence-electron chi connectivity index (χ1n) is 2.29. The molecule has 0 atom stereocenters. The second kappa shape index (κ2) is 3.50. The third-order valence-electron chi connectivity index (χ3n) is 0.521. The van der Waals surface area contributed by atoms with Gasteiger partial charge in [-0.2, -0.15) is 0 Å². The Labute approximate surface area is 54.0 Å². The zero-order valence-electron chi connectivity index (χ0n) is 4.98. The summed E-state index contributed by atoms with van der Waals surface area (Å²) in [6, 6.07) is 0. The fourth-order valence-electron chi connectivity index (χ4n) is 0.233. The van der Waals surface area contributed by atoms with Gasteiger partial charge in [-0.15, -0.1) is 0 Å². The lowest BCUT2D eigenvalue weighted by molar-refractivity contribution is 1.41. The lowest BCUT2D eigenvalue weighted by Crippen LogP contribution is -2.04. The topological polar surface area (TPSA) is 38.4 Å². The summed E-state index contributed by atoms with van der Waals surface area (Å²) in [7, 11) is 0. The number of amidine groups is 1. The molecule has 0 saturated heterocycles. The lowest BCUT2D eigenvalue weighted by atomic mass is 10.6. The Hall–Kier alpha value is -0.500. The number of halogens is 1. The van der Waals surface area contributed by atoms with Gasteiger partial charge in [-0.25, -0.2) is 4.99 Å². The number of nitrogens with two attached hydrogens (primary N) is 1. The molecule has 0 rings (SSSR count). The third kappa shape index (κ3) is 3.68. The van der Waals surface area contributed by atoms with Crippen molar-refractivity contribution in [3.8, 4) is 0 Å². The van der Waals surface area contributed by atoms with Crippen molar-refractivity contribution < 1.29 is 0 Å². The average molecular weight is 133 g/mol. The highest BCUT2D eigenvalue weighted by atomic mass is 35.5. The van der Waals surface area contributed by atoms with Crippen molar-refractivity contribution in [3.05, 3.63) is 11.2 Å². The number of rotatable bonds is 1. The standard InChI is InChI=1S/C5H9ClN2/c1-3-5(6)8-4(2)7/h3H,1-2H3,(H2,7,8)/b5-3-. The van der Waals surface area contributed by atoms with E-state index < -0.39 is 0 Å². The largest absolute Gasteiger partial charge is 0.387 e. The Morgan fingerprint density at radius 2 is 2.25 bits per heavy atom. The maximum atomic E-state index is 5.45. The molecule has 0 aliphatic rings. The predicted octanol–water partition coefficient (Wildman–Crippen LogP) is 1.46. The van der Waals surface area contributed by atoms with Crippen molar-refractivity contribution >= 4 is 17.4 Å². The van der Waals surface area contributed by atoms with Crippen LogP contribution in [0.3, 0.4) is 0 Å². The Balaban J connectivity index is 3.89. The second-order valence-electron chi connectivity index (χ2n) is 1.36. The molecule has 0 aliphatic heterocycles. The molecule has 0 heterocycles. The number of nitrogens with zero attached hydrogens (tertiary/aromatic N) is 1. The van der Waals surface area contributed by atoms with Crippen LogP contribution >= 0.6 is 11.6 Å². The van der Waals surface area contributed by atoms with Crippen LogP contribution in [0.4, 0.5) is 0 Å². The minimum absolute atomic E-state index is 0.435. The van der Waals surface area contributed by atoms with Gasteiger partial charge in [0.2, 0.25) is 0 Å². The smallest absolute Gasteiger partial charge is 0.126 e. The summed E-state index contributed by atoms with van der Waals surface area (Å²) < 4.78 is 0. The van der Waals surface area contributed by atoms with Gasteiger partial charge in [-0.3, -0.25) is 0 Å². The molecule has 0 unspecified atom stereocenters. The number of aliphatic imine (C=N–C) groups is 1. The molecular formula is C5H9ClN2. The number of hydrogen-bond acceptors (Lipinski definition) is 1. The van der Waals surface area contributed by atoms with E-state index in [1.54, 1.807) is 19.9 Å². The minimum Gasteiger partial charge on any atom is -0.387 e. The van der Waals surface area contributed by atoms with Crippen LogP contribution in [0, 0.1) is 0 Å². The lowest BCUT2D eigenvalue weighted by Gasteiger charge is -1.86. The van der Waals surface area contributed by atoms with Crippen LogP contribution in [0.25, 0.3) is 0 Å². The van der Waals surface area contributed by atoms with Crippen molar-refractivity contribution in [2.24, 2.45) is 10.7 Å². The van der Waals surface area contributed by atoms with Crippen molar-refractivity contribution in [2.75, 3.05) is 0 Å². The van der Waals surface area contributed by atoms with Crippen LogP contribution in [0.5, 0.6) is 0 Å². The number of allylic oxidation sites excluding steroid dienone is 1. The molecule has 0 aromatic heterocycles. The molecule has 0 bridgehead atoms. The third-order valence-corrected chi connectivity index (χ3v) is 0.824. The van der Waals surface area contributed by atoms with Gasteiger partial charge in [0.1, 0.15) is 5.16 Å². The Morgan fingerprint density at radius 1 is 1.75 bits per heavy atom. The van der Waals surface area contributed by atoms with E-state index in [2.05, 4.69) is 4.99 Å². The zero-order chi connectivity index (χ0) is 6.57. The fraction of sp³-hybridized carbons (Fsp3) is 0.400. The molecule has 0 aromatic rings. The van der Waals surface area contributed by atoms with E-state index in [1.807, 2.05) is 0 Å². The van der Waals surface area contributed by atoms with Gasteiger partial charge in [0.25, 0.3) is 0 Å². The first-order valence-corrected chi connectivity index (χ1v) is 2.67. The Morgan fingerprint density at radius 3 is 2.38 bits per heavy atom. The molecule has 0 spiro atoms. The van der Waals surface area contributed by atoms with Gasteiger partial charge in [0, 0.05) is 0 Å². The van der Waals surface area contributed by atoms with E-state index in [1.165, 1.54) is 0 Å². The van der Waals surface area contributed by atoms with Crippen molar-refractivity contribution in [1.82, 2.24) is 0 Å². The van der Waals surface area contributed by atoms with E-state index in [4.69, 9.17) is 17.3 Å². The molecule has 2 N–H and O–H groups in total.